The van der Waals surface area contributed by atoms with E-state index in [1.807, 2.05) is 37.3 Å². The summed E-state index contributed by atoms with van der Waals surface area (Å²) in [5.41, 5.74) is 2.59. The summed E-state index contributed by atoms with van der Waals surface area (Å²) in [7, 11) is 2.06. The van der Waals surface area contributed by atoms with E-state index >= 15 is 0 Å². The molecule has 2 aliphatic rings. The van der Waals surface area contributed by atoms with Gasteiger partial charge < -0.3 is 20.1 Å². The zero-order valence-electron chi connectivity index (χ0n) is 20.8. The maximum atomic E-state index is 13.3. The number of carbonyl (C=O) groups excluding carboxylic acids is 2. The average molecular weight is 481 g/mol. The molecule has 1 aliphatic heterocycles. The van der Waals surface area contributed by atoms with Gasteiger partial charge >= 0.3 is 0 Å². The zero-order chi connectivity index (χ0) is 24.9. The lowest BCUT2D eigenvalue weighted by atomic mass is 10.0. The topological polar surface area (TPSA) is 95.0 Å². The van der Waals surface area contributed by atoms with Gasteiger partial charge in [-0.1, -0.05) is 6.92 Å². The summed E-state index contributed by atoms with van der Waals surface area (Å²) in [5.74, 6) is 0.767. The second-order valence-corrected chi connectivity index (χ2v) is 10.0. The van der Waals surface area contributed by atoms with Crippen molar-refractivity contribution in [1.29, 1.82) is 0 Å². The number of aliphatic hydroxyl groups excluding tert-OH is 1. The first-order valence-electron chi connectivity index (χ1n) is 12.4. The van der Waals surface area contributed by atoms with Gasteiger partial charge in [-0.05, 0) is 62.7 Å². The highest BCUT2D eigenvalue weighted by atomic mass is 16.5. The summed E-state index contributed by atoms with van der Waals surface area (Å²) in [6, 6.07) is 9.26. The second-order valence-electron chi connectivity index (χ2n) is 10.0. The number of nitrogens with one attached hydrogen (secondary N) is 1. The molecule has 8 heteroatoms. The minimum atomic E-state index is -0.292. The van der Waals surface area contributed by atoms with Crippen molar-refractivity contribution in [3.63, 3.8) is 0 Å². The Morgan fingerprint density at radius 2 is 2.03 bits per heavy atom. The SMILES string of the molecule is CC1CN(C(C)CO)C(=O)Cc2cc(NC(=O)C3CC3)ccc2OC1CN(C)Cc1ccncc1. The molecular weight excluding hydrogens is 444 g/mol. The van der Waals surface area contributed by atoms with Crippen molar-refractivity contribution in [3.05, 3.63) is 53.9 Å². The Bertz CT molecular complexity index is 1030. The number of hydrogen-bond donors (Lipinski definition) is 2. The fourth-order valence-corrected chi connectivity index (χ4v) is 4.49. The molecule has 1 aromatic carbocycles. The fraction of sp³-hybridized carbons (Fsp3) is 0.519. The number of ether oxygens (including phenoxy) is 1. The number of aromatic nitrogens is 1. The van der Waals surface area contributed by atoms with Gasteiger partial charge in [0.1, 0.15) is 11.9 Å². The van der Waals surface area contributed by atoms with Crippen molar-refractivity contribution in [2.24, 2.45) is 11.8 Å². The summed E-state index contributed by atoms with van der Waals surface area (Å²) in [6.45, 7) is 5.76. The zero-order valence-corrected chi connectivity index (χ0v) is 20.8. The molecule has 3 unspecified atom stereocenters. The van der Waals surface area contributed by atoms with Crippen LogP contribution in [0.5, 0.6) is 5.75 Å². The third kappa shape index (κ3) is 6.58. The summed E-state index contributed by atoms with van der Waals surface area (Å²) >= 11 is 0. The van der Waals surface area contributed by atoms with E-state index in [9.17, 15) is 14.7 Å². The lowest BCUT2D eigenvalue weighted by molar-refractivity contribution is -0.134. The Morgan fingerprint density at radius 1 is 1.29 bits per heavy atom. The molecule has 188 valence electrons. The van der Waals surface area contributed by atoms with Crippen LogP contribution in [0.1, 0.15) is 37.8 Å². The summed E-state index contributed by atoms with van der Waals surface area (Å²) < 4.78 is 6.56. The molecule has 0 bridgehead atoms. The molecule has 2 N–H and O–H groups in total. The third-order valence-electron chi connectivity index (χ3n) is 6.83. The molecule has 0 saturated heterocycles. The summed E-state index contributed by atoms with van der Waals surface area (Å²) in [6.07, 6.45) is 5.42. The minimum Gasteiger partial charge on any atom is -0.488 e. The van der Waals surface area contributed by atoms with E-state index < -0.39 is 0 Å². The Labute approximate surface area is 207 Å². The smallest absolute Gasteiger partial charge is 0.227 e. The number of hydrogen-bond acceptors (Lipinski definition) is 6. The second kappa shape index (κ2) is 11.2. The first-order valence-corrected chi connectivity index (χ1v) is 12.4. The molecule has 4 rings (SSSR count). The molecular formula is C27H36N4O4. The number of fused-ring (bicyclic) bond motifs is 1. The Morgan fingerprint density at radius 3 is 2.71 bits per heavy atom. The third-order valence-corrected chi connectivity index (χ3v) is 6.83. The monoisotopic (exact) mass is 480 g/mol. The molecule has 0 radical (unpaired) electrons. The van der Waals surface area contributed by atoms with E-state index in [4.69, 9.17) is 4.74 Å². The van der Waals surface area contributed by atoms with Gasteiger partial charge in [0.2, 0.25) is 11.8 Å². The number of amides is 2. The highest BCUT2D eigenvalue weighted by Gasteiger charge is 2.32. The average Bonchev–Trinajstić information content (AvgIpc) is 3.68. The van der Waals surface area contributed by atoms with E-state index in [0.29, 0.717) is 24.5 Å². The van der Waals surface area contributed by atoms with E-state index in [0.717, 1.165) is 24.9 Å². The van der Waals surface area contributed by atoms with Gasteiger partial charge in [-0.2, -0.15) is 0 Å². The predicted molar refractivity (Wildman–Crippen MR) is 134 cm³/mol. The molecule has 3 atom stereocenters. The molecule has 1 aromatic heterocycles. The maximum absolute atomic E-state index is 13.3. The van der Waals surface area contributed by atoms with Gasteiger partial charge in [0.05, 0.1) is 19.1 Å². The summed E-state index contributed by atoms with van der Waals surface area (Å²) in [4.78, 5) is 33.6. The van der Waals surface area contributed by atoms with Crippen molar-refractivity contribution >= 4 is 17.5 Å². The van der Waals surface area contributed by atoms with Gasteiger partial charge in [0.25, 0.3) is 0 Å². The molecule has 1 saturated carbocycles. The van der Waals surface area contributed by atoms with Crippen molar-refractivity contribution in [3.8, 4) is 5.75 Å². The van der Waals surface area contributed by atoms with Gasteiger partial charge in [-0.3, -0.25) is 19.5 Å². The van der Waals surface area contributed by atoms with Crippen molar-refractivity contribution in [2.75, 3.05) is 32.1 Å². The van der Waals surface area contributed by atoms with Gasteiger partial charge in [-0.15, -0.1) is 0 Å². The molecule has 2 aromatic rings. The van der Waals surface area contributed by atoms with Crippen LogP contribution >= 0.6 is 0 Å². The normalized spacial score (nSPS) is 21.4. The van der Waals surface area contributed by atoms with E-state index in [-0.39, 0.29) is 48.8 Å². The number of likely N-dealkylation sites (N-methyl/N-ethyl adjacent to an activating group) is 1. The van der Waals surface area contributed by atoms with Gasteiger partial charge in [-0.25, -0.2) is 0 Å². The lowest BCUT2D eigenvalue weighted by Crippen LogP contribution is -2.47. The van der Waals surface area contributed by atoms with Crippen LogP contribution in [-0.4, -0.2) is 70.6 Å². The molecule has 0 spiro atoms. The fourth-order valence-electron chi connectivity index (χ4n) is 4.49. The van der Waals surface area contributed by atoms with Gasteiger partial charge in [0.15, 0.2) is 0 Å². The first kappa shape index (κ1) is 25.1. The van der Waals surface area contributed by atoms with Crippen LogP contribution in [0.25, 0.3) is 0 Å². The molecule has 35 heavy (non-hydrogen) atoms. The number of rotatable bonds is 8. The van der Waals surface area contributed by atoms with Crippen LogP contribution < -0.4 is 10.1 Å². The number of nitrogens with zero attached hydrogens (tertiary/aromatic N) is 3. The number of carbonyl (C=O) groups is 2. The number of aliphatic hydroxyl groups is 1. The minimum absolute atomic E-state index is 0.0278. The van der Waals surface area contributed by atoms with Crippen molar-refractivity contribution in [1.82, 2.24) is 14.8 Å². The Hall–Kier alpha value is -2.97. The Kier molecular flexibility index (Phi) is 8.03. The van der Waals surface area contributed by atoms with Crippen LogP contribution in [0.4, 0.5) is 5.69 Å². The van der Waals surface area contributed by atoms with E-state index in [2.05, 4.69) is 29.2 Å². The molecule has 1 fully saturated rings. The lowest BCUT2D eigenvalue weighted by Gasteiger charge is -2.34. The largest absolute Gasteiger partial charge is 0.488 e. The Balaban J connectivity index is 1.58. The molecule has 2 heterocycles. The van der Waals surface area contributed by atoms with E-state index in [1.54, 1.807) is 17.3 Å². The maximum Gasteiger partial charge on any atom is 0.227 e. The standard InChI is InChI=1S/C27H36N4O4/c1-18-14-31(19(2)17-32)26(33)13-22-12-23(29-27(34)21-4-5-21)6-7-24(22)35-25(18)16-30(3)15-20-8-10-28-11-9-20/h6-12,18-19,21,25,32H,4-5,13-17H2,1-3H3,(H,29,34). The number of pyridine rings is 1. The van der Waals surface area contributed by atoms with Gasteiger partial charge in [0, 0.05) is 55.1 Å². The van der Waals surface area contributed by atoms with Crippen LogP contribution in [0.2, 0.25) is 0 Å². The van der Waals surface area contributed by atoms with Crippen molar-refractivity contribution in [2.45, 2.75) is 51.8 Å². The van der Waals surface area contributed by atoms with Crippen molar-refractivity contribution < 1.29 is 19.4 Å². The predicted octanol–water partition coefficient (Wildman–Crippen LogP) is 2.71. The van der Waals surface area contributed by atoms with E-state index in [1.165, 1.54) is 5.56 Å². The molecule has 8 nitrogen and oxygen atoms in total. The number of anilines is 1. The summed E-state index contributed by atoms with van der Waals surface area (Å²) in [5, 5.41) is 12.8. The highest BCUT2D eigenvalue weighted by molar-refractivity contribution is 5.94. The van der Waals surface area contributed by atoms with Crippen LogP contribution in [0.15, 0.2) is 42.7 Å². The highest BCUT2D eigenvalue weighted by Crippen LogP contribution is 2.32. The van der Waals surface area contributed by atoms with Crippen LogP contribution in [-0.2, 0) is 22.6 Å². The first-order chi connectivity index (χ1) is 16.8. The quantitative estimate of drug-likeness (QED) is 0.603. The van der Waals surface area contributed by atoms with Crippen LogP contribution in [0, 0.1) is 11.8 Å². The van der Waals surface area contributed by atoms with Crippen LogP contribution in [0.3, 0.4) is 0 Å². The number of benzene rings is 1. The molecule has 2 amide bonds. The molecule has 1 aliphatic carbocycles.